The Morgan fingerprint density at radius 3 is 2.17 bits per heavy atom. The average molecular weight is 324 g/mol. The van der Waals surface area contributed by atoms with E-state index in [1.807, 2.05) is 6.92 Å². The molecule has 0 unspecified atom stereocenters. The van der Waals surface area contributed by atoms with Crippen molar-refractivity contribution >= 4 is 12.0 Å². The Morgan fingerprint density at radius 2 is 1.65 bits per heavy atom. The van der Waals surface area contributed by atoms with Crippen LogP contribution in [0.25, 0.3) is 6.08 Å². The fraction of sp³-hybridized carbons (Fsp3) is 0.471. The lowest BCUT2D eigenvalue weighted by Crippen LogP contribution is -2.02. The topological polar surface area (TPSA) is 63.2 Å². The molecule has 0 aliphatic rings. The van der Waals surface area contributed by atoms with E-state index in [4.69, 9.17) is 23.7 Å². The molecule has 0 amide bonds. The van der Waals surface area contributed by atoms with Crippen molar-refractivity contribution < 1.29 is 28.5 Å². The first-order valence-electron chi connectivity index (χ1n) is 7.34. The normalized spacial score (nSPS) is 10.5. The van der Waals surface area contributed by atoms with Crippen LogP contribution in [0.15, 0.2) is 12.1 Å². The summed E-state index contributed by atoms with van der Waals surface area (Å²) in [5.41, 5.74) is 0.620. The van der Waals surface area contributed by atoms with Crippen LogP contribution in [-0.4, -0.2) is 41.0 Å². The number of hydrogen-bond acceptors (Lipinski definition) is 6. The second-order valence-electron chi connectivity index (χ2n) is 4.62. The first-order chi connectivity index (χ1) is 11.1. The van der Waals surface area contributed by atoms with Crippen LogP contribution in [0.3, 0.4) is 0 Å². The molecule has 0 heterocycles. The second kappa shape index (κ2) is 9.61. The standard InChI is InChI=1S/C17H24O6/c1-6-7-10-23-14(18)9-8-12-11-13(19-2)16(21-4)17(22-5)15(12)20-3/h8-9,11H,6-7,10H2,1-5H3. The number of methoxy groups -OCH3 is 4. The van der Waals surface area contributed by atoms with Crippen molar-refractivity contribution in [1.82, 2.24) is 0 Å². The fourth-order valence-electron chi connectivity index (χ4n) is 2.01. The summed E-state index contributed by atoms with van der Waals surface area (Å²) in [5.74, 6) is 1.34. The molecule has 1 rings (SSSR count). The van der Waals surface area contributed by atoms with Gasteiger partial charge in [-0.15, -0.1) is 0 Å². The first kappa shape index (κ1) is 18.7. The molecular formula is C17H24O6. The van der Waals surface area contributed by atoms with Gasteiger partial charge in [0.1, 0.15) is 0 Å². The zero-order valence-electron chi connectivity index (χ0n) is 14.3. The minimum atomic E-state index is -0.408. The Hall–Kier alpha value is -2.37. The molecule has 0 aliphatic carbocycles. The van der Waals surface area contributed by atoms with Gasteiger partial charge < -0.3 is 23.7 Å². The summed E-state index contributed by atoms with van der Waals surface area (Å²) in [6.45, 7) is 2.44. The average Bonchev–Trinajstić information content (AvgIpc) is 2.58. The monoisotopic (exact) mass is 324 g/mol. The lowest BCUT2D eigenvalue weighted by atomic mass is 10.1. The number of benzene rings is 1. The third-order valence-corrected chi connectivity index (χ3v) is 3.16. The molecule has 0 radical (unpaired) electrons. The van der Waals surface area contributed by atoms with E-state index in [0.29, 0.717) is 35.2 Å². The van der Waals surface area contributed by atoms with E-state index in [0.717, 1.165) is 12.8 Å². The highest BCUT2D eigenvalue weighted by molar-refractivity contribution is 5.88. The van der Waals surface area contributed by atoms with Crippen molar-refractivity contribution in [2.75, 3.05) is 35.0 Å². The van der Waals surface area contributed by atoms with Crippen molar-refractivity contribution in [3.05, 3.63) is 17.7 Å². The largest absolute Gasteiger partial charge is 0.493 e. The Bertz CT molecular complexity index is 551. The van der Waals surface area contributed by atoms with Crippen LogP contribution in [-0.2, 0) is 9.53 Å². The van der Waals surface area contributed by atoms with Gasteiger partial charge in [-0.05, 0) is 18.6 Å². The Kier molecular flexibility index (Phi) is 7.80. The Balaban J connectivity index is 3.12. The van der Waals surface area contributed by atoms with E-state index in [1.165, 1.54) is 34.5 Å². The molecular weight excluding hydrogens is 300 g/mol. The van der Waals surface area contributed by atoms with Gasteiger partial charge in [0.15, 0.2) is 11.5 Å². The van der Waals surface area contributed by atoms with Crippen LogP contribution in [0.1, 0.15) is 25.3 Å². The van der Waals surface area contributed by atoms with Crippen molar-refractivity contribution in [2.24, 2.45) is 0 Å². The molecule has 0 atom stereocenters. The summed E-state index contributed by atoms with van der Waals surface area (Å²) in [6, 6.07) is 1.70. The lowest BCUT2D eigenvalue weighted by Gasteiger charge is -2.17. The fourth-order valence-corrected chi connectivity index (χ4v) is 2.01. The summed E-state index contributed by atoms with van der Waals surface area (Å²) < 4.78 is 26.4. The molecule has 6 nitrogen and oxygen atoms in total. The number of esters is 1. The number of carbonyl (C=O) groups excluding carboxylic acids is 1. The summed E-state index contributed by atoms with van der Waals surface area (Å²) >= 11 is 0. The molecule has 1 aromatic carbocycles. The molecule has 128 valence electrons. The SMILES string of the molecule is CCCCOC(=O)C=Cc1cc(OC)c(OC)c(OC)c1OC. The molecule has 0 saturated carbocycles. The van der Waals surface area contributed by atoms with Gasteiger partial charge in [0.05, 0.1) is 35.0 Å². The van der Waals surface area contributed by atoms with Gasteiger partial charge >= 0.3 is 5.97 Å². The van der Waals surface area contributed by atoms with Gasteiger partial charge in [-0.25, -0.2) is 4.79 Å². The summed E-state index contributed by atoms with van der Waals surface area (Å²) in [7, 11) is 6.06. The minimum Gasteiger partial charge on any atom is -0.493 e. The summed E-state index contributed by atoms with van der Waals surface area (Å²) in [6.07, 6.45) is 4.75. The van der Waals surface area contributed by atoms with Gasteiger partial charge in [0.2, 0.25) is 11.5 Å². The molecule has 0 spiro atoms. The zero-order valence-corrected chi connectivity index (χ0v) is 14.3. The second-order valence-corrected chi connectivity index (χ2v) is 4.62. The van der Waals surface area contributed by atoms with Crippen LogP contribution in [0, 0.1) is 0 Å². The van der Waals surface area contributed by atoms with E-state index < -0.39 is 5.97 Å². The quantitative estimate of drug-likeness (QED) is 0.395. The molecule has 0 fully saturated rings. The molecule has 6 heteroatoms. The van der Waals surface area contributed by atoms with Gasteiger partial charge in [-0.3, -0.25) is 0 Å². The Morgan fingerprint density at radius 1 is 1.00 bits per heavy atom. The highest BCUT2D eigenvalue weighted by Crippen LogP contribution is 2.46. The van der Waals surface area contributed by atoms with E-state index in [-0.39, 0.29) is 0 Å². The number of unbranched alkanes of at least 4 members (excludes halogenated alkanes) is 1. The third kappa shape index (κ3) is 4.81. The Labute approximate surface area is 136 Å². The predicted molar refractivity (Wildman–Crippen MR) is 87.6 cm³/mol. The van der Waals surface area contributed by atoms with Gasteiger partial charge in [0.25, 0.3) is 0 Å². The van der Waals surface area contributed by atoms with E-state index in [1.54, 1.807) is 12.1 Å². The predicted octanol–water partition coefficient (Wildman–Crippen LogP) is 3.08. The van der Waals surface area contributed by atoms with Gasteiger partial charge in [-0.2, -0.15) is 0 Å². The maximum absolute atomic E-state index is 11.7. The van der Waals surface area contributed by atoms with Crippen molar-refractivity contribution in [1.29, 1.82) is 0 Å². The molecule has 0 aromatic heterocycles. The third-order valence-electron chi connectivity index (χ3n) is 3.16. The van der Waals surface area contributed by atoms with Crippen LogP contribution in [0.5, 0.6) is 23.0 Å². The van der Waals surface area contributed by atoms with Crippen molar-refractivity contribution in [2.45, 2.75) is 19.8 Å². The van der Waals surface area contributed by atoms with Gasteiger partial charge in [-0.1, -0.05) is 13.3 Å². The highest BCUT2D eigenvalue weighted by Gasteiger charge is 2.20. The van der Waals surface area contributed by atoms with Crippen LogP contribution in [0.2, 0.25) is 0 Å². The molecule has 0 saturated heterocycles. The van der Waals surface area contributed by atoms with E-state index in [2.05, 4.69) is 0 Å². The molecule has 1 aromatic rings. The number of ether oxygens (including phenoxy) is 5. The van der Waals surface area contributed by atoms with E-state index in [9.17, 15) is 4.79 Å². The number of hydrogen-bond donors (Lipinski definition) is 0. The van der Waals surface area contributed by atoms with Crippen LogP contribution in [0.4, 0.5) is 0 Å². The lowest BCUT2D eigenvalue weighted by molar-refractivity contribution is -0.137. The maximum atomic E-state index is 11.7. The molecule has 0 aliphatic heterocycles. The number of carbonyl (C=O) groups is 1. The number of rotatable bonds is 9. The molecule has 0 N–H and O–H groups in total. The van der Waals surface area contributed by atoms with Crippen molar-refractivity contribution in [3.8, 4) is 23.0 Å². The highest BCUT2D eigenvalue weighted by atomic mass is 16.5. The van der Waals surface area contributed by atoms with Gasteiger partial charge in [0, 0.05) is 11.6 Å². The van der Waals surface area contributed by atoms with Crippen LogP contribution >= 0.6 is 0 Å². The molecule has 0 bridgehead atoms. The zero-order chi connectivity index (χ0) is 17.2. The maximum Gasteiger partial charge on any atom is 0.330 e. The first-order valence-corrected chi connectivity index (χ1v) is 7.34. The molecule has 23 heavy (non-hydrogen) atoms. The van der Waals surface area contributed by atoms with Crippen LogP contribution < -0.4 is 18.9 Å². The summed E-state index contributed by atoms with van der Waals surface area (Å²) in [5, 5.41) is 0. The minimum absolute atomic E-state index is 0.397. The van der Waals surface area contributed by atoms with Crippen molar-refractivity contribution in [3.63, 3.8) is 0 Å². The smallest absolute Gasteiger partial charge is 0.330 e. The summed E-state index contributed by atoms with van der Waals surface area (Å²) in [4.78, 5) is 11.7. The van der Waals surface area contributed by atoms with E-state index >= 15 is 0 Å².